The number of rotatable bonds is 7. The number of carbonyl (C=O) groups excluding carboxylic acids is 1. The van der Waals surface area contributed by atoms with Crippen LogP contribution in [0.1, 0.15) is 33.6 Å². The van der Waals surface area contributed by atoms with Gasteiger partial charge in [0.1, 0.15) is 0 Å². The molecule has 0 radical (unpaired) electrons. The number of alkyl halides is 1. The van der Waals surface area contributed by atoms with Crippen LogP contribution in [0.15, 0.2) is 0 Å². The average molecular weight is 266 g/mol. The smallest absolute Gasteiger partial charge is 0.233 e. The van der Waals surface area contributed by atoms with Gasteiger partial charge < -0.3 is 10.1 Å². The molecule has 0 aliphatic heterocycles. The van der Waals surface area contributed by atoms with E-state index in [2.05, 4.69) is 21.2 Å². The number of ether oxygens (including phenoxy) is 1. The number of nitrogens with one attached hydrogen (secondary N) is 1. The van der Waals surface area contributed by atoms with Crippen LogP contribution in [0, 0.1) is 0 Å². The largest absolute Gasteiger partial charge is 0.379 e. The van der Waals surface area contributed by atoms with Gasteiger partial charge in [-0.2, -0.15) is 0 Å². The average Bonchev–Trinajstić information content (AvgIpc) is 2.15. The molecule has 0 bridgehead atoms. The first kappa shape index (κ1) is 13.9. The van der Waals surface area contributed by atoms with Gasteiger partial charge in [0.2, 0.25) is 5.91 Å². The van der Waals surface area contributed by atoms with Gasteiger partial charge in [-0.25, -0.2) is 0 Å². The van der Waals surface area contributed by atoms with Crippen molar-refractivity contribution in [2.45, 2.75) is 44.5 Å². The Bertz CT molecular complexity index is 162. The van der Waals surface area contributed by atoms with E-state index in [-0.39, 0.29) is 16.8 Å². The third-order valence-electron chi connectivity index (χ3n) is 1.71. The molecule has 84 valence electrons. The van der Waals surface area contributed by atoms with Crippen LogP contribution in [0.5, 0.6) is 0 Å². The van der Waals surface area contributed by atoms with E-state index in [0.29, 0.717) is 13.2 Å². The van der Waals surface area contributed by atoms with Crippen molar-refractivity contribution in [3.63, 3.8) is 0 Å². The molecule has 0 aliphatic rings. The van der Waals surface area contributed by atoms with Crippen LogP contribution in [0.4, 0.5) is 0 Å². The Morgan fingerprint density at radius 1 is 1.50 bits per heavy atom. The fourth-order valence-corrected chi connectivity index (χ4v) is 1.06. The second-order valence-corrected chi connectivity index (χ2v) is 4.55. The first-order chi connectivity index (χ1) is 6.57. The standard InChI is InChI=1S/C10H20BrNO2/c1-4-9(11)10(13)12-6-5-7-14-8(2)3/h8-9H,4-7H2,1-3H3,(H,12,13). The minimum absolute atomic E-state index is 0.0616. The zero-order valence-electron chi connectivity index (χ0n) is 9.18. The lowest BCUT2D eigenvalue weighted by Crippen LogP contribution is -2.32. The molecule has 14 heavy (non-hydrogen) atoms. The zero-order chi connectivity index (χ0) is 11.0. The Labute approximate surface area is 94.7 Å². The van der Waals surface area contributed by atoms with Gasteiger partial charge in [0, 0.05) is 13.2 Å². The maximum Gasteiger partial charge on any atom is 0.233 e. The van der Waals surface area contributed by atoms with Gasteiger partial charge in [-0.3, -0.25) is 4.79 Å². The van der Waals surface area contributed by atoms with E-state index in [1.807, 2.05) is 20.8 Å². The molecule has 0 aliphatic carbocycles. The van der Waals surface area contributed by atoms with Crippen molar-refractivity contribution >= 4 is 21.8 Å². The first-order valence-corrected chi connectivity index (χ1v) is 6.02. The van der Waals surface area contributed by atoms with Crippen molar-refractivity contribution in [3.05, 3.63) is 0 Å². The van der Waals surface area contributed by atoms with Gasteiger partial charge in [0.05, 0.1) is 10.9 Å². The predicted molar refractivity (Wildman–Crippen MR) is 61.7 cm³/mol. The monoisotopic (exact) mass is 265 g/mol. The van der Waals surface area contributed by atoms with E-state index in [1.165, 1.54) is 0 Å². The molecule has 1 atom stereocenters. The highest BCUT2D eigenvalue weighted by molar-refractivity contribution is 9.10. The summed E-state index contributed by atoms with van der Waals surface area (Å²) in [5, 5.41) is 2.84. The molecular weight excluding hydrogens is 246 g/mol. The highest BCUT2D eigenvalue weighted by Crippen LogP contribution is 2.03. The molecule has 4 heteroatoms. The molecule has 0 aromatic rings. The van der Waals surface area contributed by atoms with Crippen LogP contribution in [0.3, 0.4) is 0 Å². The molecular formula is C10H20BrNO2. The SMILES string of the molecule is CCC(Br)C(=O)NCCCOC(C)C. The maximum absolute atomic E-state index is 11.3. The van der Waals surface area contributed by atoms with Gasteiger partial charge in [0.15, 0.2) is 0 Å². The second kappa shape index (κ2) is 8.24. The molecule has 0 aromatic carbocycles. The molecule has 0 heterocycles. The molecule has 0 fully saturated rings. The van der Waals surface area contributed by atoms with E-state index in [9.17, 15) is 4.79 Å². The molecule has 1 amide bonds. The van der Waals surface area contributed by atoms with Gasteiger partial charge >= 0.3 is 0 Å². The third-order valence-corrected chi connectivity index (χ3v) is 2.78. The van der Waals surface area contributed by atoms with E-state index in [4.69, 9.17) is 4.74 Å². The summed E-state index contributed by atoms with van der Waals surface area (Å²) in [6.07, 6.45) is 1.95. The van der Waals surface area contributed by atoms with Crippen molar-refractivity contribution in [1.29, 1.82) is 0 Å². The van der Waals surface area contributed by atoms with Crippen LogP contribution >= 0.6 is 15.9 Å². The topological polar surface area (TPSA) is 38.3 Å². The molecule has 3 nitrogen and oxygen atoms in total. The van der Waals surface area contributed by atoms with E-state index in [1.54, 1.807) is 0 Å². The number of carbonyl (C=O) groups is 1. The summed E-state index contributed by atoms with van der Waals surface area (Å²) >= 11 is 3.29. The molecule has 1 unspecified atom stereocenters. The molecule has 1 N–H and O–H groups in total. The lowest BCUT2D eigenvalue weighted by atomic mass is 10.3. The number of hydrogen-bond donors (Lipinski definition) is 1. The minimum Gasteiger partial charge on any atom is -0.379 e. The van der Waals surface area contributed by atoms with Gasteiger partial charge in [-0.1, -0.05) is 22.9 Å². The maximum atomic E-state index is 11.3. The first-order valence-electron chi connectivity index (χ1n) is 5.11. The summed E-state index contributed by atoms with van der Waals surface area (Å²) in [4.78, 5) is 11.2. The third kappa shape index (κ3) is 7.33. The van der Waals surface area contributed by atoms with Crippen molar-refractivity contribution < 1.29 is 9.53 Å². The summed E-state index contributed by atoms with van der Waals surface area (Å²) < 4.78 is 5.35. The fraction of sp³-hybridized carbons (Fsp3) is 0.900. The second-order valence-electron chi connectivity index (χ2n) is 3.44. The van der Waals surface area contributed by atoms with Crippen LogP contribution in [-0.2, 0) is 9.53 Å². The summed E-state index contributed by atoms with van der Waals surface area (Å²) in [5.74, 6) is 0.0667. The number of halogens is 1. The van der Waals surface area contributed by atoms with Gasteiger partial charge in [-0.15, -0.1) is 0 Å². The van der Waals surface area contributed by atoms with Crippen molar-refractivity contribution in [2.24, 2.45) is 0 Å². The van der Waals surface area contributed by atoms with E-state index >= 15 is 0 Å². The Balaban J connectivity index is 3.32. The summed E-state index contributed by atoms with van der Waals surface area (Å²) in [7, 11) is 0. The van der Waals surface area contributed by atoms with E-state index < -0.39 is 0 Å². The predicted octanol–water partition coefficient (Wildman–Crippen LogP) is 2.09. The lowest BCUT2D eigenvalue weighted by molar-refractivity contribution is -0.120. The molecule has 0 rings (SSSR count). The van der Waals surface area contributed by atoms with Crippen molar-refractivity contribution in [1.82, 2.24) is 5.32 Å². The van der Waals surface area contributed by atoms with Crippen molar-refractivity contribution in [2.75, 3.05) is 13.2 Å². The van der Waals surface area contributed by atoms with Crippen molar-refractivity contribution in [3.8, 4) is 0 Å². The summed E-state index contributed by atoms with van der Waals surface area (Å²) in [6, 6.07) is 0. The Kier molecular flexibility index (Phi) is 8.18. The summed E-state index contributed by atoms with van der Waals surface area (Å²) in [5.41, 5.74) is 0. The molecule has 0 saturated heterocycles. The Hall–Kier alpha value is -0.0900. The van der Waals surface area contributed by atoms with Crippen LogP contribution in [-0.4, -0.2) is 30.0 Å². The summed E-state index contributed by atoms with van der Waals surface area (Å²) in [6.45, 7) is 7.37. The lowest BCUT2D eigenvalue weighted by Gasteiger charge is -2.10. The van der Waals surface area contributed by atoms with Gasteiger partial charge in [-0.05, 0) is 26.7 Å². The number of amides is 1. The van der Waals surface area contributed by atoms with Crippen LogP contribution in [0.25, 0.3) is 0 Å². The molecule has 0 spiro atoms. The zero-order valence-corrected chi connectivity index (χ0v) is 10.8. The number of hydrogen-bond acceptors (Lipinski definition) is 2. The molecule has 0 saturated carbocycles. The quantitative estimate of drug-likeness (QED) is 0.566. The normalized spacial score (nSPS) is 12.9. The Morgan fingerprint density at radius 2 is 2.14 bits per heavy atom. The van der Waals surface area contributed by atoms with Crippen LogP contribution in [0.2, 0.25) is 0 Å². The van der Waals surface area contributed by atoms with Crippen LogP contribution < -0.4 is 5.32 Å². The van der Waals surface area contributed by atoms with E-state index in [0.717, 1.165) is 12.8 Å². The molecule has 0 aromatic heterocycles. The Morgan fingerprint density at radius 3 is 2.64 bits per heavy atom. The minimum atomic E-state index is -0.0616. The highest BCUT2D eigenvalue weighted by Gasteiger charge is 2.10. The highest BCUT2D eigenvalue weighted by atomic mass is 79.9. The van der Waals surface area contributed by atoms with Gasteiger partial charge in [0.25, 0.3) is 0 Å². The fourth-order valence-electron chi connectivity index (χ4n) is 0.899.